The van der Waals surface area contributed by atoms with Crippen LogP contribution in [0, 0.1) is 11.8 Å². The number of likely N-dealkylation sites (tertiary alicyclic amines) is 1. The van der Waals surface area contributed by atoms with Crippen molar-refractivity contribution >= 4 is 26.8 Å². The second-order valence-corrected chi connectivity index (χ2v) is 12.1. The highest BCUT2D eigenvalue weighted by molar-refractivity contribution is 7.89. The van der Waals surface area contributed by atoms with Crippen LogP contribution in [0.1, 0.15) is 62.7 Å². The Balaban J connectivity index is 1.73. The van der Waals surface area contributed by atoms with Crippen LogP contribution in [0.15, 0.2) is 34.1 Å². The van der Waals surface area contributed by atoms with Crippen LogP contribution in [0.3, 0.4) is 0 Å². The summed E-state index contributed by atoms with van der Waals surface area (Å²) in [7, 11) is -0.327. The molecule has 2 fully saturated rings. The monoisotopic (exact) mass is 473 g/mol. The number of piperidine rings is 1. The minimum Gasteiger partial charge on any atom is -0.350 e. The third kappa shape index (κ3) is 4.60. The number of nitrogens with zero attached hydrogens (tertiary/aromatic N) is 3. The molecule has 2 heterocycles. The smallest absolute Gasteiger partial charge is 0.259 e. The lowest BCUT2D eigenvalue weighted by atomic mass is 9.91. The van der Waals surface area contributed by atoms with Gasteiger partial charge in [-0.2, -0.15) is 4.31 Å². The third-order valence-electron chi connectivity index (χ3n) is 7.31. The predicted octanol–water partition coefficient (Wildman–Crippen LogP) is 3.61. The molecule has 7 nitrogen and oxygen atoms in total. The average molecular weight is 474 g/mol. The molecule has 1 saturated heterocycles. The Labute approximate surface area is 196 Å². The van der Waals surface area contributed by atoms with Crippen molar-refractivity contribution in [2.75, 3.05) is 20.1 Å². The number of pyridine rings is 1. The average Bonchev–Trinajstić information content (AvgIpc) is 2.80. The first kappa shape index (κ1) is 24.0. The summed E-state index contributed by atoms with van der Waals surface area (Å²) in [5.74, 6) is 0.492. The number of aryl methyl sites for hydroxylation is 1. The van der Waals surface area contributed by atoms with Crippen molar-refractivity contribution in [2.24, 2.45) is 18.9 Å². The topological polar surface area (TPSA) is 79.7 Å². The lowest BCUT2D eigenvalue weighted by molar-refractivity contribution is 0.0621. The lowest BCUT2D eigenvalue weighted by Crippen LogP contribution is -2.44. The Morgan fingerprint density at radius 3 is 2.33 bits per heavy atom. The fourth-order valence-corrected chi connectivity index (χ4v) is 7.03. The summed E-state index contributed by atoms with van der Waals surface area (Å²) in [5, 5.41) is 0.263. The van der Waals surface area contributed by atoms with Crippen molar-refractivity contribution in [1.82, 2.24) is 13.8 Å². The van der Waals surface area contributed by atoms with Crippen molar-refractivity contribution in [2.45, 2.75) is 63.3 Å². The molecule has 180 valence electrons. The third-order valence-corrected chi connectivity index (χ3v) is 9.22. The van der Waals surface area contributed by atoms with Crippen molar-refractivity contribution in [3.8, 4) is 0 Å². The molecule has 4 rings (SSSR count). The molecule has 2 aliphatic rings. The largest absolute Gasteiger partial charge is 0.350 e. The van der Waals surface area contributed by atoms with Crippen LogP contribution >= 0.6 is 0 Å². The molecule has 1 aromatic carbocycles. The summed E-state index contributed by atoms with van der Waals surface area (Å²) in [5.41, 5.74) is 0.300. The van der Waals surface area contributed by atoms with Crippen molar-refractivity contribution < 1.29 is 13.2 Å². The van der Waals surface area contributed by atoms with E-state index in [9.17, 15) is 18.0 Å². The first-order valence-corrected chi connectivity index (χ1v) is 13.4. The highest BCUT2D eigenvalue weighted by atomic mass is 32.2. The molecule has 0 unspecified atom stereocenters. The van der Waals surface area contributed by atoms with Gasteiger partial charge in [0.05, 0.1) is 10.4 Å². The Morgan fingerprint density at radius 1 is 1.06 bits per heavy atom. The second kappa shape index (κ2) is 9.22. The Hall–Kier alpha value is -2.19. The van der Waals surface area contributed by atoms with E-state index < -0.39 is 15.5 Å². The summed E-state index contributed by atoms with van der Waals surface area (Å²) in [6.07, 6.45) is 7.56. The highest BCUT2D eigenvalue weighted by Crippen LogP contribution is 2.28. The van der Waals surface area contributed by atoms with Crippen LogP contribution in [0.2, 0.25) is 0 Å². The van der Waals surface area contributed by atoms with Gasteiger partial charge in [0.1, 0.15) is 5.56 Å². The highest BCUT2D eigenvalue weighted by Gasteiger charge is 2.31. The summed E-state index contributed by atoms with van der Waals surface area (Å²) in [4.78, 5) is 28.6. The van der Waals surface area contributed by atoms with E-state index in [2.05, 4.69) is 13.8 Å². The predicted molar refractivity (Wildman–Crippen MR) is 130 cm³/mol. The number of benzene rings is 1. The zero-order valence-corrected chi connectivity index (χ0v) is 20.9. The minimum atomic E-state index is -3.74. The molecule has 0 bridgehead atoms. The molecule has 0 radical (unpaired) electrons. The van der Waals surface area contributed by atoms with Crippen molar-refractivity contribution in [1.29, 1.82) is 0 Å². The van der Waals surface area contributed by atoms with E-state index in [4.69, 9.17) is 0 Å². The molecule has 1 aliphatic carbocycles. The van der Waals surface area contributed by atoms with E-state index in [0.29, 0.717) is 30.4 Å². The molecule has 1 amide bonds. The molecule has 0 spiro atoms. The van der Waals surface area contributed by atoms with Crippen LogP contribution in [0.25, 0.3) is 10.9 Å². The number of rotatable bonds is 4. The van der Waals surface area contributed by atoms with Gasteiger partial charge in [0, 0.05) is 44.8 Å². The molecule has 2 aromatic rings. The molecule has 1 aromatic heterocycles. The molecule has 2 atom stereocenters. The number of hydrogen-bond acceptors (Lipinski definition) is 4. The van der Waals surface area contributed by atoms with Gasteiger partial charge in [-0.1, -0.05) is 33.1 Å². The quantitative estimate of drug-likeness (QED) is 0.680. The standard InChI is InChI=1S/C25H35N3O4S/c1-17-12-18(2)15-28(14-17)25(30)22-16-26(3)23-11-10-20(13-21(23)24(22)29)33(31,32)27(4)19-8-6-5-7-9-19/h10-11,13,16-19H,5-9,12,14-15H2,1-4H3/t17-,18-/m1/s1. The minimum absolute atomic E-state index is 0.0155. The molecule has 1 saturated carbocycles. The van der Waals surface area contributed by atoms with E-state index in [0.717, 1.165) is 38.5 Å². The first-order valence-electron chi connectivity index (χ1n) is 12.0. The van der Waals surface area contributed by atoms with E-state index in [-0.39, 0.29) is 27.8 Å². The van der Waals surface area contributed by atoms with Crippen LogP contribution in [0.4, 0.5) is 0 Å². The van der Waals surface area contributed by atoms with Crippen molar-refractivity contribution in [3.05, 3.63) is 40.2 Å². The van der Waals surface area contributed by atoms with Gasteiger partial charge in [-0.3, -0.25) is 9.59 Å². The zero-order chi connectivity index (χ0) is 23.9. The summed E-state index contributed by atoms with van der Waals surface area (Å²) >= 11 is 0. The SMILES string of the molecule is C[C@@H]1C[C@@H](C)CN(C(=O)c2cn(C)c3ccc(S(=O)(=O)N(C)C4CCCCC4)cc3c2=O)C1. The number of aromatic nitrogens is 1. The van der Waals surface area contributed by atoms with E-state index in [1.807, 2.05) is 0 Å². The summed E-state index contributed by atoms with van der Waals surface area (Å²) in [6, 6.07) is 4.66. The number of fused-ring (bicyclic) bond motifs is 1. The second-order valence-electron chi connectivity index (χ2n) is 10.1. The van der Waals surface area contributed by atoms with Gasteiger partial charge in [0.25, 0.3) is 5.91 Å². The number of sulfonamides is 1. The van der Waals surface area contributed by atoms with Gasteiger partial charge in [-0.25, -0.2) is 8.42 Å². The van der Waals surface area contributed by atoms with Gasteiger partial charge in [-0.05, 0) is 49.3 Å². The molecule has 8 heteroatoms. The number of amides is 1. The summed E-state index contributed by atoms with van der Waals surface area (Å²) in [6.45, 7) is 5.50. The van der Waals surface area contributed by atoms with Gasteiger partial charge in [0.15, 0.2) is 0 Å². The molecule has 33 heavy (non-hydrogen) atoms. The fourth-order valence-electron chi connectivity index (χ4n) is 5.59. The van der Waals surface area contributed by atoms with Crippen molar-refractivity contribution in [3.63, 3.8) is 0 Å². The Bertz CT molecular complexity index is 1200. The maximum Gasteiger partial charge on any atom is 0.259 e. The lowest BCUT2D eigenvalue weighted by Gasteiger charge is -2.35. The zero-order valence-electron chi connectivity index (χ0n) is 20.1. The van der Waals surface area contributed by atoms with Gasteiger partial charge < -0.3 is 9.47 Å². The maximum absolute atomic E-state index is 13.4. The van der Waals surface area contributed by atoms with Gasteiger partial charge >= 0.3 is 0 Å². The Morgan fingerprint density at radius 2 is 1.70 bits per heavy atom. The van der Waals surface area contributed by atoms with Gasteiger partial charge in [0.2, 0.25) is 15.5 Å². The van der Waals surface area contributed by atoms with Crippen LogP contribution in [-0.4, -0.2) is 54.3 Å². The number of hydrogen-bond donors (Lipinski definition) is 0. The summed E-state index contributed by atoms with van der Waals surface area (Å²) < 4.78 is 29.9. The van der Waals surface area contributed by atoms with Crippen LogP contribution in [-0.2, 0) is 17.1 Å². The molecular weight excluding hydrogens is 438 g/mol. The van der Waals surface area contributed by atoms with Gasteiger partial charge in [-0.15, -0.1) is 0 Å². The van der Waals surface area contributed by atoms with Crippen LogP contribution in [0.5, 0.6) is 0 Å². The van der Waals surface area contributed by atoms with E-state index >= 15 is 0 Å². The van der Waals surface area contributed by atoms with E-state index in [1.165, 1.54) is 10.4 Å². The Kier molecular flexibility index (Phi) is 6.69. The molecule has 1 aliphatic heterocycles. The number of carbonyl (C=O) groups excluding carboxylic acids is 1. The van der Waals surface area contributed by atoms with E-state index in [1.54, 1.807) is 41.9 Å². The van der Waals surface area contributed by atoms with Crippen LogP contribution < -0.4 is 5.43 Å². The fraction of sp³-hybridized carbons (Fsp3) is 0.600. The first-order chi connectivity index (χ1) is 15.6. The molecular formula is C25H35N3O4S. The number of carbonyl (C=O) groups is 1. The maximum atomic E-state index is 13.4. The normalized spacial score (nSPS) is 22.8. The molecule has 0 N–H and O–H groups in total.